The Morgan fingerprint density at radius 3 is 2.56 bits per heavy atom. The van der Waals surface area contributed by atoms with Gasteiger partial charge in [-0.25, -0.2) is 13.2 Å². The topological polar surface area (TPSA) is 81.3 Å². The number of fused-ring (bicyclic) bond motifs is 1. The summed E-state index contributed by atoms with van der Waals surface area (Å²) in [5, 5.41) is 0. The Labute approximate surface area is 146 Å². The monoisotopic (exact) mass is 360 g/mol. The van der Waals surface area contributed by atoms with E-state index in [9.17, 15) is 13.2 Å². The Bertz CT molecular complexity index is 1090. The van der Waals surface area contributed by atoms with E-state index in [1.807, 2.05) is 19.9 Å². The van der Waals surface area contributed by atoms with E-state index in [0.29, 0.717) is 28.9 Å². The molecular formula is C18H20N2O4S. The van der Waals surface area contributed by atoms with Gasteiger partial charge in [0.05, 0.1) is 16.1 Å². The number of aromatic nitrogens is 1. The number of sulfonamides is 1. The Balaban J connectivity index is 1.98. The van der Waals surface area contributed by atoms with Crippen molar-refractivity contribution in [1.29, 1.82) is 0 Å². The molecule has 132 valence electrons. The van der Waals surface area contributed by atoms with E-state index in [1.165, 1.54) is 10.6 Å². The molecule has 3 aromatic rings. The predicted molar refractivity (Wildman–Crippen MR) is 97.5 cm³/mol. The van der Waals surface area contributed by atoms with Gasteiger partial charge >= 0.3 is 5.76 Å². The summed E-state index contributed by atoms with van der Waals surface area (Å²) in [6.07, 6.45) is 0.801. The lowest BCUT2D eigenvalue weighted by atomic mass is 10.2. The normalized spacial score (nSPS) is 11.8. The third-order valence-electron chi connectivity index (χ3n) is 3.99. The van der Waals surface area contributed by atoms with Crippen LogP contribution < -0.4 is 10.5 Å². The van der Waals surface area contributed by atoms with E-state index in [2.05, 4.69) is 4.72 Å². The molecular weight excluding hydrogens is 340 g/mol. The first-order valence-corrected chi connectivity index (χ1v) is 9.53. The number of anilines is 1. The second-order valence-corrected chi connectivity index (χ2v) is 7.73. The molecule has 7 heteroatoms. The molecule has 1 heterocycles. The lowest BCUT2D eigenvalue weighted by Gasteiger charge is -2.11. The van der Waals surface area contributed by atoms with E-state index in [4.69, 9.17) is 4.42 Å². The van der Waals surface area contributed by atoms with Crippen molar-refractivity contribution in [3.63, 3.8) is 0 Å². The van der Waals surface area contributed by atoms with Crippen LogP contribution in [0.3, 0.4) is 0 Å². The highest BCUT2D eigenvalue weighted by molar-refractivity contribution is 7.92. The minimum absolute atomic E-state index is 0.225. The molecule has 0 saturated heterocycles. The zero-order valence-corrected chi connectivity index (χ0v) is 15.2. The maximum absolute atomic E-state index is 12.6. The largest absolute Gasteiger partial charge is 0.419 e. The molecule has 0 saturated carbocycles. The summed E-state index contributed by atoms with van der Waals surface area (Å²) in [6.45, 7) is 6.19. The van der Waals surface area contributed by atoms with Crippen LogP contribution in [-0.2, 0) is 16.6 Å². The quantitative estimate of drug-likeness (QED) is 0.756. The van der Waals surface area contributed by atoms with E-state index >= 15 is 0 Å². The minimum atomic E-state index is -3.72. The van der Waals surface area contributed by atoms with Crippen molar-refractivity contribution in [1.82, 2.24) is 4.57 Å². The van der Waals surface area contributed by atoms with Crippen LogP contribution in [0.5, 0.6) is 0 Å². The van der Waals surface area contributed by atoms with Gasteiger partial charge in [-0.15, -0.1) is 0 Å². The van der Waals surface area contributed by atoms with Crippen LogP contribution in [0, 0.1) is 13.8 Å². The number of oxazole rings is 1. The van der Waals surface area contributed by atoms with Gasteiger partial charge in [-0.3, -0.25) is 9.29 Å². The molecule has 0 aliphatic carbocycles. The second-order valence-electron chi connectivity index (χ2n) is 6.08. The van der Waals surface area contributed by atoms with Gasteiger partial charge in [-0.05, 0) is 44.0 Å². The number of hydrogen-bond donors (Lipinski definition) is 1. The number of rotatable bonds is 5. The van der Waals surface area contributed by atoms with Crippen molar-refractivity contribution in [2.45, 2.75) is 38.6 Å². The molecule has 6 nitrogen and oxygen atoms in total. The van der Waals surface area contributed by atoms with Gasteiger partial charge in [-0.2, -0.15) is 0 Å². The van der Waals surface area contributed by atoms with E-state index in [0.717, 1.165) is 12.0 Å². The molecule has 0 aliphatic rings. The standard InChI is InChI=1S/C18H20N2O4S/c1-4-9-20-15-7-6-14(11-16(15)24-18(20)21)19-25(22,23)17-8-5-12(2)10-13(17)3/h5-8,10-11,19H,4,9H2,1-3H3. The van der Waals surface area contributed by atoms with Gasteiger partial charge in [0.2, 0.25) is 0 Å². The molecule has 0 atom stereocenters. The van der Waals surface area contributed by atoms with Gasteiger partial charge < -0.3 is 4.42 Å². The molecule has 2 aromatic carbocycles. The maximum atomic E-state index is 12.6. The molecule has 25 heavy (non-hydrogen) atoms. The SMILES string of the molecule is CCCn1c(=O)oc2cc(NS(=O)(=O)c3ccc(C)cc3C)ccc21. The van der Waals surface area contributed by atoms with Crippen molar-refractivity contribution in [3.05, 3.63) is 58.1 Å². The molecule has 1 aromatic heterocycles. The molecule has 1 N–H and O–H groups in total. The van der Waals surface area contributed by atoms with Crippen LogP contribution in [-0.4, -0.2) is 13.0 Å². The van der Waals surface area contributed by atoms with E-state index < -0.39 is 15.8 Å². The van der Waals surface area contributed by atoms with Gasteiger partial charge in [0.25, 0.3) is 10.0 Å². The number of nitrogens with zero attached hydrogens (tertiary/aromatic N) is 1. The van der Waals surface area contributed by atoms with Crippen molar-refractivity contribution in [3.8, 4) is 0 Å². The summed E-state index contributed by atoms with van der Waals surface area (Å²) >= 11 is 0. The molecule has 3 rings (SSSR count). The summed E-state index contributed by atoms with van der Waals surface area (Å²) in [4.78, 5) is 12.1. The summed E-state index contributed by atoms with van der Waals surface area (Å²) in [5.41, 5.74) is 3.04. The first-order valence-electron chi connectivity index (χ1n) is 8.05. The van der Waals surface area contributed by atoms with Crippen molar-refractivity contribution >= 4 is 26.8 Å². The smallest absolute Gasteiger partial charge is 0.408 e. The lowest BCUT2D eigenvalue weighted by molar-refractivity contribution is 0.502. The highest BCUT2D eigenvalue weighted by Crippen LogP contribution is 2.23. The van der Waals surface area contributed by atoms with Crippen LogP contribution in [0.1, 0.15) is 24.5 Å². The van der Waals surface area contributed by atoms with Crippen LogP contribution in [0.4, 0.5) is 5.69 Å². The second kappa shape index (κ2) is 6.40. The number of hydrogen-bond acceptors (Lipinski definition) is 4. The van der Waals surface area contributed by atoms with E-state index in [-0.39, 0.29) is 4.90 Å². The predicted octanol–water partition coefficient (Wildman–Crippen LogP) is 3.42. The Kier molecular flexibility index (Phi) is 4.43. The average molecular weight is 360 g/mol. The third-order valence-corrected chi connectivity index (χ3v) is 5.53. The molecule has 0 spiro atoms. The lowest BCUT2D eigenvalue weighted by Crippen LogP contribution is -2.14. The zero-order chi connectivity index (χ0) is 18.2. The number of aryl methyl sites for hydroxylation is 3. The molecule has 0 amide bonds. The Morgan fingerprint density at radius 1 is 1.12 bits per heavy atom. The first kappa shape index (κ1) is 17.3. The average Bonchev–Trinajstić information content (AvgIpc) is 2.82. The highest BCUT2D eigenvalue weighted by Gasteiger charge is 2.18. The van der Waals surface area contributed by atoms with Gasteiger partial charge in [0.15, 0.2) is 5.58 Å². The zero-order valence-electron chi connectivity index (χ0n) is 14.4. The molecule has 0 fully saturated rings. The van der Waals surface area contributed by atoms with Gasteiger partial charge in [0.1, 0.15) is 0 Å². The molecule has 0 radical (unpaired) electrons. The van der Waals surface area contributed by atoms with Crippen LogP contribution in [0.15, 0.2) is 50.5 Å². The summed E-state index contributed by atoms with van der Waals surface area (Å²) in [6, 6.07) is 10.0. The van der Waals surface area contributed by atoms with Crippen LogP contribution in [0.2, 0.25) is 0 Å². The fraction of sp³-hybridized carbons (Fsp3) is 0.278. The van der Waals surface area contributed by atoms with Crippen LogP contribution in [0.25, 0.3) is 11.1 Å². The van der Waals surface area contributed by atoms with Crippen molar-refractivity contribution in [2.24, 2.45) is 0 Å². The minimum Gasteiger partial charge on any atom is -0.408 e. The fourth-order valence-electron chi connectivity index (χ4n) is 2.88. The summed E-state index contributed by atoms with van der Waals surface area (Å²) in [7, 11) is -3.72. The fourth-order valence-corrected chi connectivity index (χ4v) is 4.15. The summed E-state index contributed by atoms with van der Waals surface area (Å²) in [5.74, 6) is -0.439. The number of benzene rings is 2. The first-order chi connectivity index (χ1) is 11.8. The highest BCUT2D eigenvalue weighted by atomic mass is 32.2. The van der Waals surface area contributed by atoms with Crippen molar-refractivity contribution in [2.75, 3.05) is 4.72 Å². The van der Waals surface area contributed by atoms with E-state index in [1.54, 1.807) is 31.2 Å². The molecule has 0 aliphatic heterocycles. The van der Waals surface area contributed by atoms with Crippen LogP contribution >= 0.6 is 0 Å². The summed E-state index contributed by atoms with van der Waals surface area (Å²) < 4.78 is 34.6. The molecule has 0 bridgehead atoms. The Hall–Kier alpha value is -2.54. The third kappa shape index (κ3) is 3.32. The van der Waals surface area contributed by atoms with Crippen molar-refractivity contribution < 1.29 is 12.8 Å². The van der Waals surface area contributed by atoms with Gasteiger partial charge in [-0.1, -0.05) is 24.6 Å². The number of nitrogens with one attached hydrogen (secondary N) is 1. The Morgan fingerprint density at radius 2 is 1.88 bits per heavy atom. The maximum Gasteiger partial charge on any atom is 0.419 e. The van der Waals surface area contributed by atoms with Gasteiger partial charge in [0, 0.05) is 12.6 Å². The molecule has 0 unspecified atom stereocenters.